The zero-order valence-corrected chi connectivity index (χ0v) is 31.6. The third kappa shape index (κ3) is 5.46. The molecular formula is C52H35N5O. The van der Waals surface area contributed by atoms with Gasteiger partial charge in [0.15, 0.2) is 17.5 Å². The van der Waals surface area contributed by atoms with Gasteiger partial charge in [-0.2, -0.15) is 0 Å². The smallest absolute Gasteiger partial charge is 0.164 e. The lowest BCUT2D eigenvalue weighted by atomic mass is 9.97. The van der Waals surface area contributed by atoms with E-state index in [1.807, 2.05) is 72.8 Å². The Balaban J connectivity index is 1.10. The molecule has 0 unspecified atom stereocenters. The van der Waals surface area contributed by atoms with Gasteiger partial charge in [0.25, 0.3) is 0 Å². The summed E-state index contributed by atoms with van der Waals surface area (Å²) in [7, 11) is 1.74. The Morgan fingerprint density at radius 3 is 1.38 bits per heavy atom. The van der Waals surface area contributed by atoms with Gasteiger partial charge in [-0.3, -0.25) is 0 Å². The topological polar surface area (TPSA) is 57.8 Å². The van der Waals surface area contributed by atoms with Crippen LogP contribution in [0.1, 0.15) is 0 Å². The van der Waals surface area contributed by atoms with Crippen LogP contribution in [0.2, 0.25) is 0 Å². The van der Waals surface area contributed by atoms with Gasteiger partial charge >= 0.3 is 0 Å². The van der Waals surface area contributed by atoms with E-state index in [4.69, 9.17) is 19.7 Å². The molecule has 0 aliphatic rings. The molecule has 0 fully saturated rings. The van der Waals surface area contributed by atoms with Gasteiger partial charge in [0.2, 0.25) is 0 Å². The first kappa shape index (κ1) is 33.5. The normalized spacial score (nSPS) is 11.5. The number of nitrogens with zero attached hydrogens (tertiary/aromatic N) is 5. The highest BCUT2D eigenvalue weighted by molar-refractivity contribution is 6.19. The van der Waals surface area contributed by atoms with E-state index in [0.29, 0.717) is 17.5 Å². The van der Waals surface area contributed by atoms with Gasteiger partial charge in [-0.1, -0.05) is 140 Å². The summed E-state index contributed by atoms with van der Waals surface area (Å²) in [6.45, 7) is 0. The predicted octanol–water partition coefficient (Wildman–Crippen LogP) is 12.7. The summed E-state index contributed by atoms with van der Waals surface area (Å²) < 4.78 is 11.0. The number of hydrogen-bond donors (Lipinski definition) is 0. The molecular weight excluding hydrogens is 711 g/mol. The van der Waals surface area contributed by atoms with Crippen molar-refractivity contribution >= 4 is 43.6 Å². The monoisotopic (exact) mass is 745 g/mol. The lowest BCUT2D eigenvalue weighted by Gasteiger charge is -2.16. The van der Waals surface area contributed by atoms with Crippen LogP contribution in [0.4, 0.5) is 0 Å². The molecule has 0 bridgehead atoms. The second-order valence-electron chi connectivity index (χ2n) is 14.4. The number of benzene rings is 8. The molecule has 0 radical (unpaired) electrons. The lowest BCUT2D eigenvalue weighted by Crippen LogP contribution is -2.01. The number of ether oxygens (including phenoxy) is 1. The van der Waals surface area contributed by atoms with Gasteiger partial charge < -0.3 is 13.9 Å². The number of fused-ring (bicyclic) bond motifs is 6. The van der Waals surface area contributed by atoms with E-state index < -0.39 is 0 Å². The molecule has 0 aliphatic heterocycles. The Hall–Kier alpha value is -7.83. The molecule has 3 aromatic heterocycles. The summed E-state index contributed by atoms with van der Waals surface area (Å²) in [5.41, 5.74) is 11.4. The molecule has 0 amide bonds. The van der Waals surface area contributed by atoms with E-state index in [1.165, 1.54) is 32.6 Å². The standard InChI is InChI=1S/C52H35N5O/c1-58-49-31-37(29-30-41(49)38-23-11-12-26-42(38)52-54-50(34-17-5-2-6-18-34)53-51(55-52)35-19-7-3-8-20-35)57-46-28-16-14-25-40(46)44-32-47-43(33-48(44)57)39-24-13-15-27-45(39)56(47)36-21-9-4-10-22-36/h2-33H,1H3. The van der Waals surface area contributed by atoms with Crippen molar-refractivity contribution in [2.45, 2.75) is 0 Å². The van der Waals surface area contributed by atoms with Crippen LogP contribution < -0.4 is 4.74 Å². The molecule has 6 heteroatoms. The zero-order chi connectivity index (χ0) is 38.6. The number of para-hydroxylation sites is 3. The second kappa shape index (κ2) is 13.7. The Bertz CT molecular complexity index is 3260. The van der Waals surface area contributed by atoms with Gasteiger partial charge in [-0.15, -0.1) is 0 Å². The first-order chi connectivity index (χ1) is 28.7. The van der Waals surface area contributed by atoms with Crippen molar-refractivity contribution < 1.29 is 4.74 Å². The largest absolute Gasteiger partial charge is 0.496 e. The van der Waals surface area contributed by atoms with Gasteiger partial charge in [-0.25, -0.2) is 15.0 Å². The highest BCUT2D eigenvalue weighted by Crippen LogP contribution is 2.42. The fourth-order valence-electron chi connectivity index (χ4n) is 8.45. The van der Waals surface area contributed by atoms with Crippen LogP contribution in [0.3, 0.4) is 0 Å². The SMILES string of the molecule is COc1cc(-n2c3ccccc3c3cc4c(cc32)c2ccccc2n4-c2ccccc2)ccc1-c1ccccc1-c1nc(-c2ccccc2)nc(-c2ccccc2)n1. The minimum Gasteiger partial charge on any atom is -0.496 e. The molecule has 11 rings (SSSR count). The minimum atomic E-state index is 0.593. The van der Waals surface area contributed by atoms with Crippen molar-refractivity contribution in [1.82, 2.24) is 24.1 Å². The average Bonchev–Trinajstić information content (AvgIpc) is 3.80. The third-order valence-electron chi connectivity index (χ3n) is 11.1. The first-order valence-electron chi connectivity index (χ1n) is 19.4. The van der Waals surface area contributed by atoms with E-state index in [-0.39, 0.29) is 0 Å². The highest BCUT2D eigenvalue weighted by Gasteiger charge is 2.21. The molecule has 0 atom stereocenters. The molecule has 0 aliphatic carbocycles. The summed E-state index contributed by atoms with van der Waals surface area (Å²) in [5.74, 6) is 2.58. The summed E-state index contributed by atoms with van der Waals surface area (Å²) in [4.78, 5) is 15.1. The zero-order valence-electron chi connectivity index (χ0n) is 31.6. The maximum atomic E-state index is 6.25. The third-order valence-corrected chi connectivity index (χ3v) is 11.1. The van der Waals surface area contributed by atoms with Crippen molar-refractivity contribution in [3.05, 3.63) is 194 Å². The van der Waals surface area contributed by atoms with Crippen LogP contribution in [0, 0.1) is 0 Å². The van der Waals surface area contributed by atoms with Gasteiger partial charge in [-0.05, 0) is 54.1 Å². The van der Waals surface area contributed by atoms with Crippen molar-refractivity contribution in [2.75, 3.05) is 7.11 Å². The number of aromatic nitrogens is 5. The maximum absolute atomic E-state index is 6.25. The lowest BCUT2D eigenvalue weighted by molar-refractivity contribution is 0.416. The number of rotatable bonds is 7. The Morgan fingerprint density at radius 2 is 0.810 bits per heavy atom. The summed E-state index contributed by atoms with van der Waals surface area (Å²) >= 11 is 0. The fraction of sp³-hybridized carbons (Fsp3) is 0.0192. The molecule has 11 aromatic rings. The Morgan fingerprint density at radius 1 is 0.345 bits per heavy atom. The van der Waals surface area contributed by atoms with Crippen LogP contribution >= 0.6 is 0 Å². The summed E-state index contributed by atoms with van der Waals surface area (Å²) in [6.07, 6.45) is 0. The van der Waals surface area contributed by atoms with Crippen molar-refractivity contribution in [3.63, 3.8) is 0 Å². The van der Waals surface area contributed by atoms with Crippen LogP contribution in [-0.4, -0.2) is 31.2 Å². The molecule has 274 valence electrons. The molecule has 0 spiro atoms. The fourth-order valence-corrected chi connectivity index (χ4v) is 8.45. The van der Waals surface area contributed by atoms with Gasteiger partial charge in [0, 0.05) is 61.2 Å². The Kier molecular flexibility index (Phi) is 7.93. The highest BCUT2D eigenvalue weighted by atomic mass is 16.5. The van der Waals surface area contributed by atoms with Crippen LogP contribution in [-0.2, 0) is 0 Å². The van der Waals surface area contributed by atoms with Crippen LogP contribution in [0.5, 0.6) is 5.75 Å². The molecule has 3 heterocycles. The van der Waals surface area contributed by atoms with Crippen molar-refractivity contribution in [2.24, 2.45) is 0 Å². The molecule has 58 heavy (non-hydrogen) atoms. The Labute approximate surface area is 334 Å². The molecule has 0 N–H and O–H groups in total. The van der Waals surface area contributed by atoms with Crippen LogP contribution in [0.15, 0.2) is 194 Å². The number of hydrogen-bond acceptors (Lipinski definition) is 4. The van der Waals surface area contributed by atoms with Crippen molar-refractivity contribution in [1.29, 1.82) is 0 Å². The second-order valence-corrected chi connectivity index (χ2v) is 14.4. The molecule has 8 aromatic carbocycles. The van der Waals surface area contributed by atoms with Gasteiger partial charge in [0.1, 0.15) is 5.75 Å². The minimum absolute atomic E-state index is 0.593. The summed E-state index contributed by atoms with van der Waals surface area (Å²) in [6, 6.07) is 67.6. The molecule has 0 saturated carbocycles. The van der Waals surface area contributed by atoms with Crippen molar-refractivity contribution in [3.8, 4) is 62.4 Å². The van der Waals surface area contributed by atoms with E-state index in [1.54, 1.807) is 7.11 Å². The molecule has 6 nitrogen and oxygen atoms in total. The predicted molar refractivity (Wildman–Crippen MR) is 237 cm³/mol. The average molecular weight is 746 g/mol. The van der Waals surface area contributed by atoms with Gasteiger partial charge in [0.05, 0.1) is 29.2 Å². The van der Waals surface area contributed by atoms with E-state index >= 15 is 0 Å². The quantitative estimate of drug-likeness (QED) is 0.163. The first-order valence-corrected chi connectivity index (χ1v) is 19.4. The van der Waals surface area contributed by atoms with Crippen LogP contribution in [0.25, 0.3) is 100 Å². The summed E-state index contributed by atoms with van der Waals surface area (Å²) in [5, 5.41) is 4.80. The van der Waals surface area contributed by atoms with E-state index in [2.05, 4.69) is 130 Å². The number of methoxy groups -OCH3 is 1. The van der Waals surface area contributed by atoms with E-state index in [0.717, 1.165) is 56.0 Å². The molecule has 0 saturated heterocycles. The van der Waals surface area contributed by atoms with E-state index in [9.17, 15) is 0 Å². The maximum Gasteiger partial charge on any atom is 0.164 e.